The molecule has 6 nitrogen and oxygen atoms in total. The lowest BCUT2D eigenvalue weighted by Gasteiger charge is -2.42. The Bertz CT molecular complexity index is 850. The summed E-state index contributed by atoms with van der Waals surface area (Å²) >= 11 is 0. The van der Waals surface area contributed by atoms with Crippen LogP contribution in [-0.4, -0.2) is 26.1 Å². The molecule has 6 heteroatoms. The van der Waals surface area contributed by atoms with Gasteiger partial charge < -0.3 is 5.73 Å². The molecule has 0 saturated carbocycles. The number of carbonyl (C=O) groups is 1. The number of aromatic nitrogens is 4. The van der Waals surface area contributed by atoms with Gasteiger partial charge in [-0.2, -0.15) is 5.10 Å². The van der Waals surface area contributed by atoms with Crippen molar-refractivity contribution in [3.8, 4) is 0 Å². The number of rotatable bonds is 3. The number of pyridine rings is 2. The lowest BCUT2D eigenvalue weighted by atomic mass is 9.59. The monoisotopic (exact) mass is 309 g/mol. The smallest absolute Gasteiger partial charge is 0.233 e. The molecule has 3 rings (SSSR count). The highest BCUT2D eigenvalue weighted by atomic mass is 16.1. The molecule has 3 aromatic rings. The summed E-state index contributed by atoms with van der Waals surface area (Å²) in [5.41, 5.74) is 6.57. The van der Waals surface area contributed by atoms with Gasteiger partial charge in [-0.3, -0.25) is 14.9 Å². The van der Waals surface area contributed by atoms with Gasteiger partial charge in [-0.1, -0.05) is 26.8 Å². The summed E-state index contributed by atoms with van der Waals surface area (Å²) in [5, 5.41) is 7.64. The van der Waals surface area contributed by atoms with Gasteiger partial charge in [-0.05, 0) is 28.7 Å². The second-order valence-electron chi connectivity index (χ2n) is 6.64. The van der Waals surface area contributed by atoms with Crippen LogP contribution in [0.2, 0.25) is 0 Å². The zero-order valence-corrected chi connectivity index (χ0v) is 13.4. The fraction of sp³-hybridized carbons (Fsp3) is 0.294. The zero-order valence-electron chi connectivity index (χ0n) is 13.4. The highest BCUT2D eigenvalue weighted by Crippen LogP contribution is 2.46. The number of aromatic amines is 1. The molecule has 118 valence electrons. The van der Waals surface area contributed by atoms with Crippen LogP contribution in [0.1, 0.15) is 31.9 Å². The van der Waals surface area contributed by atoms with Crippen molar-refractivity contribution in [2.45, 2.75) is 26.2 Å². The van der Waals surface area contributed by atoms with Crippen LogP contribution in [0.15, 0.2) is 43.0 Å². The van der Waals surface area contributed by atoms with Gasteiger partial charge in [0.2, 0.25) is 5.91 Å². The van der Waals surface area contributed by atoms with Gasteiger partial charge >= 0.3 is 0 Å². The first-order chi connectivity index (χ1) is 10.9. The quantitative estimate of drug-likeness (QED) is 0.774. The Kier molecular flexibility index (Phi) is 3.39. The minimum atomic E-state index is -1.04. The molecule has 1 amide bonds. The van der Waals surface area contributed by atoms with Gasteiger partial charge in [-0.25, -0.2) is 4.98 Å². The molecule has 0 aliphatic rings. The van der Waals surface area contributed by atoms with Crippen molar-refractivity contribution in [2.24, 2.45) is 11.1 Å². The van der Waals surface area contributed by atoms with Crippen molar-refractivity contribution in [3.05, 3.63) is 54.1 Å². The average Bonchev–Trinajstić information content (AvgIpc) is 2.95. The summed E-state index contributed by atoms with van der Waals surface area (Å²) in [6, 6.07) is 5.60. The third kappa shape index (κ3) is 2.18. The highest BCUT2D eigenvalue weighted by molar-refractivity contribution is 5.92. The number of primary amides is 1. The number of H-pyrrole nitrogens is 1. The Morgan fingerprint density at radius 3 is 2.57 bits per heavy atom. The molecular formula is C17H19N5O. The van der Waals surface area contributed by atoms with Crippen molar-refractivity contribution < 1.29 is 4.79 Å². The van der Waals surface area contributed by atoms with Crippen LogP contribution >= 0.6 is 0 Å². The minimum Gasteiger partial charge on any atom is -0.369 e. The van der Waals surface area contributed by atoms with Gasteiger partial charge in [0.15, 0.2) is 5.65 Å². The van der Waals surface area contributed by atoms with Gasteiger partial charge in [0.1, 0.15) is 5.41 Å². The number of fused-ring (bicyclic) bond motifs is 1. The molecule has 0 saturated heterocycles. The SMILES string of the molecule is CC(C)(C)C(C(N)=O)(c1cccnc1)c1cnc2[nH]ncc2c1. The van der Waals surface area contributed by atoms with E-state index < -0.39 is 16.7 Å². The standard InChI is InChI=1S/C17H19N5O/c1-16(2,3)17(15(18)23,12-5-4-6-19-9-12)13-7-11-8-21-22-14(11)20-10-13/h4-10H,1-3H3,(H2,18,23)(H,20,21,22). The van der Waals surface area contributed by atoms with Crippen molar-refractivity contribution in [3.63, 3.8) is 0 Å². The molecule has 0 aromatic carbocycles. The van der Waals surface area contributed by atoms with E-state index in [0.717, 1.165) is 16.5 Å². The number of hydrogen-bond acceptors (Lipinski definition) is 4. The largest absolute Gasteiger partial charge is 0.369 e. The van der Waals surface area contributed by atoms with Gasteiger partial charge in [-0.15, -0.1) is 0 Å². The van der Waals surface area contributed by atoms with Crippen molar-refractivity contribution in [1.29, 1.82) is 0 Å². The van der Waals surface area contributed by atoms with E-state index in [4.69, 9.17) is 5.73 Å². The van der Waals surface area contributed by atoms with Gasteiger partial charge in [0.25, 0.3) is 0 Å². The van der Waals surface area contributed by atoms with Crippen molar-refractivity contribution >= 4 is 16.9 Å². The van der Waals surface area contributed by atoms with E-state index in [1.807, 2.05) is 39.0 Å². The van der Waals surface area contributed by atoms with E-state index in [2.05, 4.69) is 20.2 Å². The van der Waals surface area contributed by atoms with Crippen LogP contribution in [0.4, 0.5) is 0 Å². The summed E-state index contributed by atoms with van der Waals surface area (Å²) < 4.78 is 0. The van der Waals surface area contributed by atoms with E-state index in [1.54, 1.807) is 24.8 Å². The normalized spacial score (nSPS) is 14.6. The van der Waals surface area contributed by atoms with Gasteiger partial charge in [0.05, 0.1) is 6.20 Å². The number of amides is 1. The van der Waals surface area contributed by atoms with Crippen LogP contribution in [-0.2, 0) is 10.2 Å². The van der Waals surface area contributed by atoms with Crippen LogP contribution < -0.4 is 5.73 Å². The predicted octanol–water partition coefficient (Wildman–Crippen LogP) is 2.17. The minimum absolute atomic E-state index is 0.428. The Labute approximate surface area is 134 Å². The molecule has 0 aliphatic heterocycles. The topological polar surface area (TPSA) is 97.5 Å². The molecule has 0 spiro atoms. The summed E-state index contributed by atoms with van der Waals surface area (Å²) in [4.78, 5) is 21.2. The summed E-state index contributed by atoms with van der Waals surface area (Å²) in [6.07, 6.45) is 6.73. The first-order valence-corrected chi connectivity index (χ1v) is 7.37. The van der Waals surface area contributed by atoms with Crippen LogP contribution in [0.25, 0.3) is 11.0 Å². The van der Waals surface area contributed by atoms with Crippen LogP contribution in [0.5, 0.6) is 0 Å². The molecule has 0 bridgehead atoms. The number of nitrogens with two attached hydrogens (primary N) is 1. The van der Waals surface area contributed by atoms with Crippen molar-refractivity contribution in [2.75, 3.05) is 0 Å². The molecule has 0 radical (unpaired) electrons. The molecule has 0 aliphatic carbocycles. The predicted molar refractivity (Wildman–Crippen MR) is 87.6 cm³/mol. The molecule has 1 unspecified atom stereocenters. The molecular weight excluding hydrogens is 290 g/mol. The summed E-state index contributed by atoms with van der Waals surface area (Å²) in [6.45, 7) is 5.97. The molecule has 3 heterocycles. The van der Waals surface area contributed by atoms with Crippen molar-refractivity contribution in [1.82, 2.24) is 20.2 Å². The highest BCUT2D eigenvalue weighted by Gasteiger charge is 2.50. The zero-order chi connectivity index (χ0) is 16.7. The maximum Gasteiger partial charge on any atom is 0.233 e. The lowest BCUT2D eigenvalue weighted by molar-refractivity contribution is -0.125. The fourth-order valence-electron chi connectivity index (χ4n) is 3.31. The molecule has 23 heavy (non-hydrogen) atoms. The second-order valence-corrected chi connectivity index (χ2v) is 6.64. The number of nitrogens with zero attached hydrogens (tertiary/aromatic N) is 3. The molecule has 3 aromatic heterocycles. The first kappa shape index (κ1) is 15.1. The summed E-state index contributed by atoms with van der Waals surface area (Å²) in [5.74, 6) is -0.428. The van der Waals surface area contributed by atoms with E-state index in [0.29, 0.717) is 5.65 Å². The summed E-state index contributed by atoms with van der Waals surface area (Å²) in [7, 11) is 0. The Hall–Kier alpha value is -2.76. The maximum atomic E-state index is 12.7. The third-order valence-electron chi connectivity index (χ3n) is 4.31. The average molecular weight is 309 g/mol. The van der Waals surface area contributed by atoms with E-state index in [9.17, 15) is 4.79 Å². The number of carbonyl (C=O) groups excluding carboxylic acids is 1. The third-order valence-corrected chi connectivity index (χ3v) is 4.31. The van der Waals surface area contributed by atoms with Gasteiger partial charge in [0, 0.05) is 24.0 Å². The maximum absolute atomic E-state index is 12.7. The van der Waals surface area contributed by atoms with Crippen LogP contribution in [0.3, 0.4) is 0 Å². The Morgan fingerprint density at radius 1 is 1.17 bits per heavy atom. The number of nitrogens with one attached hydrogen (secondary N) is 1. The fourth-order valence-corrected chi connectivity index (χ4v) is 3.31. The first-order valence-electron chi connectivity index (χ1n) is 7.37. The lowest BCUT2D eigenvalue weighted by Crippen LogP contribution is -2.51. The van der Waals surface area contributed by atoms with E-state index in [-0.39, 0.29) is 0 Å². The Balaban J connectivity index is 2.37. The van der Waals surface area contributed by atoms with E-state index >= 15 is 0 Å². The van der Waals surface area contributed by atoms with E-state index in [1.165, 1.54) is 0 Å². The number of hydrogen-bond donors (Lipinski definition) is 2. The second kappa shape index (κ2) is 5.15. The molecule has 0 fully saturated rings. The molecule has 1 atom stereocenters. The van der Waals surface area contributed by atoms with Crippen LogP contribution in [0, 0.1) is 5.41 Å². The molecule has 3 N–H and O–H groups in total. The Morgan fingerprint density at radius 2 is 1.96 bits per heavy atom.